The Morgan fingerprint density at radius 2 is 1.34 bits per heavy atom. The van der Waals surface area contributed by atoms with Crippen LogP contribution in [0.5, 0.6) is 17.2 Å². The lowest BCUT2D eigenvalue weighted by atomic mass is 9.99. The van der Waals surface area contributed by atoms with Gasteiger partial charge in [0, 0.05) is 11.6 Å². The van der Waals surface area contributed by atoms with E-state index in [9.17, 15) is 14.4 Å². The molecule has 208 valence electrons. The summed E-state index contributed by atoms with van der Waals surface area (Å²) in [5.74, 6) is 0.781. The van der Waals surface area contributed by atoms with Gasteiger partial charge >= 0.3 is 5.97 Å². The van der Waals surface area contributed by atoms with Crippen LogP contribution in [0.15, 0.2) is 36.4 Å². The predicted octanol–water partition coefficient (Wildman–Crippen LogP) is 5.31. The quantitative estimate of drug-likeness (QED) is 0.247. The van der Waals surface area contributed by atoms with Crippen molar-refractivity contribution in [2.24, 2.45) is 17.8 Å². The second-order valence-electron chi connectivity index (χ2n) is 10.3. The van der Waals surface area contributed by atoms with E-state index in [0.29, 0.717) is 48.6 Å². The molecule has 0 aromatic heterocycles. The molecular formula is C30H41NO7. The van der Waals surface area contributed by atoms with Crippen LogP contribution in [-0.2, 0) is 9.53 Å². The number of nitrogens with one attached hydrogen (secondary N) is 1. The number of ether oxygens (including phenoxy) is 4. The first-order valence-electron chi connectivity index (χ1n) is 13.2. The van der Waals surface area contributed by atoms with Gasteiger partial charge in [-0.2, -0.15) is 0 Å². The molecule has 0 saturated carbocycles. The fourth-order valence-corrected chi connectivity index (χ4v) is 3.26. The van der Waals surface area contributed by atoms with Gasteiger partial charge in [-0.25, -0.2) is 0 Å². The molecule has 0 aliphatic heterocycles. The van der Waals surface area contributed by atoms with E-state index in [1.165, 1.54) is 6.07 Å². The lowest BCUT2D eigenvalue weighted by Gasteiger charge is -2.17. The molecule has 0 bridgehead atoms. The maximum atomic E-state index is 13.6. The highest BCUT2D eigenvalue weighted by atomic mass is 16.5. The molecule has 0 aliphatic rings. The number of benzene rings is 2. The zero-order valence-corrected chi connectivity index (χ0v) is 23.6. The smallest absolute Gasteiger partial charge is 0.325 e. The summed E-state index contributed by atoms with van der Waals surface area (Å²) in [7, 11) is 0. The second-order valence-corrected chi connectivity index (χ2v) is 10.3. The van der Waals surface area contributed by atoms with E-state index in [4.69, 9.17) is 18.9 Å². The van der Waals surface area contributed by atoms with Crippen molar-refractivity contribution in [3.8, 4) is 17.2 Å². The van der Waals surface area contributed by atoms with Gasteiger partial charge in [-0.1, -0.05) is 41.5 Å². The summed E-state index contributed by atoms with van der Waals surface area (Å²) in [5.41, 5.74) is 0.798. The monoisotopic (exact) mass is 527 g/mol. The Balaban J connectivity index is 2.41. The molecule has 2 rings (SSSR count). The van der Waals surface area contributed by atoms with Gasteiger partial charge in [-0.15, -0.1) is 0 Å². The lowest BCUT2D eigenvalue weighted by Crippen LogP contribution is -2.31. The number of ketones is 1. The molecule has 0 fully saturated rings. The number of hydrogen-bond acceptors (Lipinski definition) is 7. The van der Waals surface area contributed by atoms with Crippen LogP contribution >= 0.6 is 0 Å². The summed E-state index contributed by atoms with van der Waals surface area (Å²) in [6.45, 7) is 15.1. The normalized spacial score (nSPS) is 11.0. The van der Waals surface area contributed by atoms with Crippen LogP contribution in [-0.4, -0.2) is 50.6 Å². The van der Waals surface area contributed by atoms with E-state index in [1.807, 2.05) is 27.7 Å². The van der Waals surface area contributed by atoms with Crippen molar-refractivity contribution < 1.29 is 33.3 Å². The van der Waals surface area contributed by atoms with E-state index >= 15 is 0 Å². The molecule has 0 atom stereocenters. The summed E-state index contributed by atoms with van der Waals surface area (Å²) in [6.07, 6.45) is 0. The van der Waals surface area contributed by atoms with Crippen molar-refractivity contribution >= 4 is 17.7 Å². The average Bonchev–Trinajstić information content (AvgIpc) is 2.87. The van der Waals surface area contributed by atoms with Crippen LogP contribution < -0.4 is 19.5 Å². The Morgan fingerprint density at radius 3 is 1.95 bits per heavy atom. The fourth-order valence-electron chi connectivity index (χ4n) is 3.26. The van der Waals surface area contributed by atoms with Crippen molar-refractivity contribution in [1.82, 2.24) is 5.32 Å². The van der Waals surface area contributed by atoms with Gasteiger partial charge < -0.3 is 24.3 Å². The van der Waals surface area contributed by atoms with Crippen LogP contribution in [0.3, 0.4) is 0 Å². The van der Waals surface area contributed by atoms with Crippen molar-refractivity contribution in [3.63, 3.8) is 0 Å². The molecule has 0 spiro atoms. The number of rotatable bonds is 15. The predicted molar refractivity (Wildman–Crippen MR) is 146 cm³/mol. The van der Waals surface area contributed by atoms with E-state index in [-0.39, 0.29) is 41.9 Å². The number of carbonyl (C=O) groups is 3. The minimum absolute atomic E-state index is 0.155. The maximum absolute atomic E-state index is 13.6. The van der Waals surface area contributed by atoms with Gasteiger partial charge in [0.25, 0.3) is 5.91 Å². The summed E-state index contributed by atoms with van der Waals surface area (Å²) < 4.78 is 22.5. The van der Waals surface area contributed by atoms with Gasteiger partial charge in [0.15, 0.2) is 5.78 Å². The minimum atomic E-state index is -0.551. The molecular weight excluding hydrogens is 486 g/mol. The first-order chi connectivity index (χ1) is 18.0. The highest BCUT2D eigenvalue weighted by Gasteiger charge is 2.21. The number of esters is 1. The molecule has 0 heterocycles. The SMILES string of the molecule is CCOC(=O)CNC(=O)c1cc(C(=O)c2ccc(OCC(C)C)cc2OCC(C)C)ccc1OCC(C)C. The van der Waals surface area contributed by atoms with Crippen molar-refractivity contribution in [2.75, 3.05) is 33.0 Å². The molecule has 1 N–H and O–H groups in total. The topological polar surface area (TPSA) is 100 Å². The van der Waals surface area contributed by atoms with Crippen LogP contribution in [0.25, 0.3) is 0 Å². The van der Waals surface area contributed by atoms with Crippen molar-refractivity contribution in [1.29, 1.82) is 0 Å². The number of hydrogen-bond donors (Lipinski definition) is 1. The Kier molecular flexibility index (Phi) is 12.1. The fraction of sp³-hybridized carbons (Fsp3) is 0.500. The minimum Gasteiger partial charge on any atom is -0.493 e. The summed E-state index contributed by atoms with van der Waals surface area (Å²) in [6, 6.07) is 9.85. The van der Waals surface area contributed by atoms with Crippen molar-refractivity contribution in [2.45, 2.75) is 48.5 Å². The summed E-state index contributed by atoms with van der Waals surface area (Å²) >= 11 is 0. The third-order valence-electron chi connectivity index (χ3n) is 5.11. The molecule has 0 unspecified atom stereocenters. The molecule has 38 heavy (non-hydrogen) atoms. The van der Waals surface area contributed by atoms with Gasteiger partial charge in [0.1, 0.15) is 23.8 Å². The molecule has 8 nitrogen and oxygen atoms in total. The maximum Gasteiger partial charge on any atom is 0.325 e. The average molecular weight is 528 g/mol. The lowest BCUT2D eigenvalue weighted by molar-refractivity contribution is -0.141. The highest BCUT2D eigenvalue weighted by Crippen LogP contribution is 2.30. The third-order valence-corrected chi connectivity index (χ3v) is 5.11. The molecule has 2 aromatic rings. The Morgan fingerprint density at radius 1 is 0.737 bits per heavy atom. The van der Waals surface area contributed by atoms with Gasteiger partial charge in [0.2, 0.25) is 0 Å². The van der Waals surface area contributed by atoms with Crippen LogP contribution in [0.1, 0.15) is 74.7 Å². The zero-order chi connectivity index (χ0) is 28.2. The first-order valence-corrected chi connectivity index (χ1v) is 13.2. The van der Waals surface area contributed by atoms with Gasteiger partial charge in [-0.3, -0.25) is 14.4 Å². The van der Waals surface area contributed by atoms with E-state index < -0.39 is 11.9 Å². The summed E-state index contributed by atoms with van der Waals surface area (Å²) in [5, 5.41) is 2.55. The second kappa shape index (κ2) is 15.0. The molecule has 2 aromatic carbocycles. The molecule has 0 saturated heterocycles. The standard InChI is InChI=1S/C30H41NO7/c1-8-35-28(32)15-31-30(34)25-13-22(9-12-26(25)37-17-20(4)5)29(33)24-11-10-23(36-16-19(2)3)14-27(24)38-18-21(6)7/h9-14,19-21H,8,15-18H2,1-7H3,(H,31,34). The van der Waals surface area contributed by atoms with Crippen LogP contribution in [0.2, 0.25) is 0 Å². The van der Waals surface area contributed by atoms with E-state index in [0.717, 1.165) is 0 Å². The molecule has 0 aliphatic carbocycles. The van der Waals surface area contributed by atoms with Crippen LogP contribution in [0, 0.1) is 17.8 Å². The van der Waals surface area contributed by atoms with E-state index in [2.05, 4.69) is 19.2 Å². The zero-order valence-electron chi connectivity index (χ0n) is 23.6. The summed E-state index contributed by atoms with van der Waals surface area (Å²) in [4.78, 5) is 38.4. The van der Waals surface area contributed by atoms with E-state index in [1.54, 1.807) is 37.3 Å². The number of carbonyl (C=O) groups excluding carboxylic acids is 3. The highest BCUT2D eigenvalue weighted by molar-refractivity contribution is 6.12. The molecule has 8 heteroatoms. The van der Waals surface area contributed by atoms with Crippen LogP contribution in [0.4, 0.5) is 0 Å². The van der Waals surface area contributed by atoms with Gasteiger partial charge in [0.05, 0.1) is 37.6 Å². The van der Waals surface area contributed by atoms with Crippen molar-refractivity contribution in [3.05, 3.63) is 53.1 Å². The Labute approximate surface area is 226 Å². The molecule has 0 radical (unpaired) electrons. The first kappa shape index (κ1) is 30.7. The Bertz CT molecular complexity index is 1090. The Hall–Kier alpha value is -3.55. The van der Waals surface area contributed by atoms with Gasteiger partial charge in [-0.05, 0) is 55.0 Å². The molecule has 1 amide bonds. The largest absolute Gasteiger partial charge is 0.493 e. The number of amides is 1. The third kappa shape index (κ3) is 9.72.